The largest absolute Gasteiger partial charge is 0.375 e. The van der Waals surface area contributed by atoms with Gasteiger partial charge in [0.2, 0.25) is 0 Å². The van der Waals surface area contributed by atoms with Crippen LogP contribution in [0, 0.1) is 11.7 Å². The van der Waals surface area contributed by atoms with Gasteiger partial charge in [0.15, 0.2) is 0 Å². The van der Waals surface area contributed by atoms with Crippen LogP contribution in [0.3, 0.4) is 0 Å². The minimum Gasteiger partial charge on any atom is -0.375 e. The SMILES string of the molecule is CC(C)CNCc1cc(F)ccc1N1CC(C)OCC1C. The van der Waals surface area contributed by atoms with Crippen LogP contribution in [-0.4, -0.2) is 31.8 Å². The van der Waals surface area contributed by atoms with E-state index in [2.05, 4.69) is 37.9 Å². The van der Waals surface area contributed by atoms with E-state index in [0.29, 0.717) is 18.5 Å². The number of rotatable bonds is 5. The molecule has 0 radical (unpaired) electrons. The lowest BCUT2D eigenvalue weighted by Crippen LogP contribution is -2.48. The molecule has 1 heterocycles. The Morgan fingerprint density at radius 3 is 2.86 bits per heavy atom. The molecule has 1 fully saturated rings. The van der Waals surface area contributed by atoms with Gasteiger partial charge in [-0.15, -0.1) is 0 Å². The van der Waals surface area contributed by atoms with Crippen LogP contribution in [0.1, 0.15) is 33.3 Å². The number of anilines is 1. The Balaban J connectivity index is 2.17. The number of benzene rings is 1. The van der Waals surface area contributed by atoms with Gasteiger partial charge in [-0.25, -0.2) is 4.39 Å². The molecule has 2 atom stereocenters. The topological polar surface area (TPSA) is 24.5 Å². The second-order valence-corrected chi connectivity index (χ2v) is 6.44. The van der Waals surface area contributed by atoms with Gasteiger partial charge in [0.05, 0.1) is 12.7 Å². The Kier molecular flexibility index (Phi) is 5.59. The molecule has 4 heteroatoms. The maximum absolute atomic E-state index is 13.6. The molecule has 1 aromatic carbocycles. The first kappa shape index (κ1) is 16.2. The van der Waals surface area contributed by atoms with Crippen LogP contribution < -0.4 is 10.2 Å². The van der Waals surface area contributed by atoms with E-state index in [1.54, 1.807) is 12.1 Å². The molecule has 21 heavy (non-hydrogen) atoms. The smallest absolute Gasteiger partial charge is 0.123 e. The fourth-order valence-corrected chi connectivity index (χ4v) is 2.71. The van der Waals surface area contributed by atoms with Crippen molar-refractivity contribution in [3.05, 3.63) is 29.6 Å². The number of nitrogens with one attached hydrogen (secondary N) is 1. The highest BCUT2D eigenvalue weighted by Gasteiger charge is 2.25. The van der Waals surface area contributed by atoms with Crippen molar-refractivity contribution in [1.82, 2.24) is 5.32 Å². The lowest BCUT2D eigenvalue weighted by Gasteiger charge is -2.39. The average Bonchev–Trinajstić information content (AvgIpc) is 2.42. The molecule has 0 aliphatic carbocycles. The Labute approximate surface area is 127 Å². The predicted octanol–water partition coefficient (Wildman–Crippen LogP) is 3.18. The van der Waals surface area contributed by atoms with E-state index in [-0.39, 0.29) is 11.9 Å². The fourth-order valence-electron chi connectivity index (χ4n) is 2.71. The van der Waals surface area contributed by atoms with Gasteiger partial charge in [-0.3, -0.25) is 0 Å². The van der Waals surface area contributed by atoms with Crippen molar-refractivity contribution in [2.24, 2.45) is 5.92 Å². The Hall–Kier alpha value is -1.13. The van der Waals surface area contributed by atoms with Gasteiger partial charge in [0, 0.05) is 24.8 Å². The standard InChI is InChI=1S/C17H27FN2O/c1-12(2)8-19-9-15-7-16(18)5-6-17(15)20-10-14(4)21-11-13(20)3/h5-7,12-14,19H,8-11H2,1-4H3. The second-order valence-electron chi connectivity index (χ2n) is 6.44. The number of halogens is 1. The molecule has 1 aliphatic rings. The fraction of sp³-hybridized carbons (Fsp3) is 0.647. The minimum absolute atomic E-state index is 0.172. The van der Waals surface area contributed by atoms with Gasteiger partial charge in [-0.1, -0.05) is 13.8 Å². The molecule has 1 saturated heterocycles. The average molecular weight is 294 g/mol. The molecular formula is C17H27FN2O. The van der Waals surface area contributed by atoms with Gasteiger partial charge in [0.1, 0.15) is 5.82 Å². The van der Waals surface area contributed by atoms with E-state index in [1.807, 2.05) is 6.07 Å². The molecule has 0 amide bonds. The van der Waals surface area contributed by atoms with Crippen molar-refractivity contribution in [3.8, 4) is 0 Å². The Morgan fingerprint density at radius 1 is 1.38 bits per heavy atom. The maximum atomic E-state index is 13.6. The van der Waals surface area contributed by atoms with E-state index < -0.39 is 0 Å². The van der Waals surface area contributed by atoms with Gasteiger partial charge in [-0.2, -0.15) is 0 Å². The third kappa shape index (κ3) is 4.42. The molecule has 2 rings (SSSR count). The van der Waals surface area contributed by atoms with E-state index in [1.165, 1.54) is 0 Å². The summed E-state index contributed by atoms with van der Waals surface area (Å²) in [6, 6.07) is 5.41. The van der Waals surface area contributed by atoms with Crippen LogP contribution in [0.2, 0.25) is 0 Å². The second kappa shape index (κ2) is 7.23. The molecule has 1 N–H and O–H groups in total. The van der Waals surface area contributed by atoms with Crippen molar-refractivity contribution in [1.29, 1.82) is 0 Å². The van der Waals surface area contributed by atoms with Crippen LogP contribution in [0.5, 0.6) is 0 Å². The lowest BCUT2D eigenvalue weighted by molar-refractivity contribution is 0.0343. The molecule has 3 nitrogen and oxygen atoms in total. The zero-order valence-corrected chi connectivity index (χ0v) is 13.5. The Bertz CT molecular complexity index is 464. The van der Waals surface area contributed by atoms with Crippen molar-refractivity contribution >= 4 is 5.69 Å². The molecule has 1 aromatic rings. The minimum atomic E-state index is -0.172. The maximum Gasteiger partial charge on any atom is 0.123 e. The first-order valence-electron chi connectivity index (χ1n) is 7.84. The summed E-state index contributed by atoms with van der Waals surface area (Å²) < 4.78 is 19.3. The highest BCUT2D eigenvalue weighted by molar-refractivity contribution is 5.55. The summed E-state index contributed by atoms with van der Waals surface area (Å²) in [6.45, 7) is 11.8. The quantitative estimate of drug-likeness (QED) is 0.902. The van der Waals surface area contributed by atoms with Crippen LogP contribution in [-0.2, 0) is 11.3 Å². The Morgan fingerprint density at radius 2 is 2.14 bits per heavy atom. The molecule has 0 aromatic heterocycles. The number of nitrogens with zero attached hydrogens (tertiary/aromatic N) is 1. The van der Waals surface area contributed by atoms with Gasteiger partial charge in [0.25, 0.3) is 0 Å². The summed E-state index contributed by atoms with van der Waals surface area (Å²) in [6.07, 6.45) is 0.211. The van der Waals surface area contributed by atoms with E-state index in [9.17, 15) is 4.39 Å². The number of hydrogen-bond donors (Lipinski definition) is 1. The summed E-state index contributed by atoms with van der Waals surface area (Å²) in [5.41, 5.74) is 2.15. The van der Waals surface area contributed by atoms with Crippen LogP contribution in [0.4, 0.5) is 10.1 Å². The summed E-state index contributed by atoms with van der Waals surface area (Å²) in [4.78, 5) is 2.33. The highest BCUT2D eigenvalue weighted by atomic mass is 19.1. The lowest BCUT2D eigenvalue weighted by atomic mass is 10.1. The van der Waals surface area contributed by atoms with Gasteiger partial charge in [-0.05, 0) is 50.1 Å². The summed E-state index contributed by atoms with van der Waals surface area (Å²) in [5.74, 6) is 0.415. The first-order valence-corrected chi connectivity index (χ1v) is 7.84. The summed E-state index contributed by atoms with van der Waals surface area (Å²) >= 11 is 0. The zero-order valence-electron chi connectivity index (χ0n) is 13.5. The third-order valence-electron chi connectivity index (χ3n) is 3.83. The number of morpholine rings is 1. The molecular weight excluding hydrogens is 267 g/mol. The molecule has 0 bridgehead atoms. The van der Waals surface area contributed by atoms with Crippen LogP contribution in [0.15, 0.2) is 18.2 Å². The van der Waals surface area contributed by atoms with E-state index in [4.69, 9.17) is 4.74 Å². The van der Waals surface area contributed by atoms with Crippen molar-refractivity contribution in [2.75, 3.05) is 24.6 Å². The molecule has 118 valence electrons. The van der Waals surface area contributed by atoms with E-state index >= 15 is 0 Å². The first-order chi connectivity index (χ1) is 9.97. The highest BCUT2D eigenvalue weighted by Crippen LogP contribution is 2.26. The third-order valence-corrected chi connectivity index (χ3v) is 3.83. The monoisotopic (exact) mass is 294 g/mol. The zero-order chi connectivity index (χ0) is 15.4. The molecule has 2 unspecified atom stereocenters. The van der Waals surface area contributed by atoms with Crippen molar-refractivity contribution in [3.63, 3.8) is 0 Å². The number of hydrogen-bond acceptors (Lipinski definition) is 3. The van der Waals surface area contributed by atoms with Crippen LogP contribution >= 0.6 is 0 Å². The number of ether oxygens (including phenoxy) is 1. The predicted molar refractivity (Wildman–Crippen MR) is 85.2 cm³/mol. The molecule has 1 aliphatic heterocycles. The van der Waals surface area contributed by atoms with Crippen molar-refractivity contribution < 1.29 is 9.13 Å². The van der Waals surface area contributed by atoms with Gasteiger partial charge >= 0.3 is 0 Å². The molecule has 0 spiro atoms. The summed E-state index contributed by atoms with van der Waals surface area (Å²) in [7, 11) is 0. The van der Waals surface area contributed by atoms with Crippen LogP contribution in [0.25, 0.3) is 0 Å². The van der Waals surface area contributed by atoms with Crippen molar-refractivity contribution in [2.45, 2.75) is 46.4 Å². The van der Waals surface area contributed by atoms with E-state index in [0.717, 1.165) is 30.9 Å². The summed E-state index contributed by atoms with van der Waals surface area (Å²) in [5, 5.41) is 3.41. The molecule has 0 saturated carbocycles. The van der Waals surface area contributed by atoms with Gasteiger partial charge < -0.3 is 15.0 Å². The normalized spacial score (nSPS) is 22.9.